The molecule has 2 N–H and O–H groups in total. The number of amides is 1. The molecule has 0 unspecified atom stereocenters. The van der Waals surface area contributed by atoms with Crippen molar-refractivity contribution in [2.24, 2.45) is 0 Å². The van der Waals surface area contributed by atoms with Crippen molar-refractivity contribution in [1.29, 1.82) is 0 Å². The van der Waals surface area contributed by atoms with Gasteiger partial charge in [-0.2, -0.15) is 0 Å². The van der Waals surface area contributed by atoms with Gasteiger partial charge in [-0.3, -0.25) is 4.90 Å². The number of rotatable bonds is 3. The van der Waals surface area contributed by atoms with Crippen LogP contribution in [0.5, 0.6) is 5.75 Å². The number of likely N-dealkylation sites (N-methyl/N-ethyl adjacent to an activating group) is 1. The molecule has 7 nitrogen and oxygen atoms in total. The van der Waals surface area contributed by atoms with E-state index in [1.807, 2.05) is 25.2 Å². The molecule has 2 heterocycles. The van der Waals surface area contributed by atoms with E-state index in [0.29, 0.717) is 24.8 Å². The van der Waals surface area contributed by atoms with Crippen LogP contribution in [0.4, 0.5) is 16.2 Å². The second-order valence-electron chi connectivity index (χ2n) is 5.50. The topological polar surface area (TPSA) is 66.1 Å². The Bertz CT molecular complexity index is 625. The Kier molecular flexibility index (Phi) is 4.42. The van der Waals surface area contributed by atoms with E-state index in [4.69, 9.17) is 21.7 Å². The largest absolute Gasteiger partial charge is 0.489 e. The summed E-state index contributed by atoms with van der Waals surface area (Å²) in [4.78, 5) is 15.9. The zero-order valence-electron chi connectivity index (χ0n) is 13.2. The van der Waals surface area contributed by atoms with Gasteiger partial charge in [0.25, 0.3) is 0 Å². The van der Waals surface area contributed by atoms with E-state index >= 15 is 0 Å². The van der Waals surface area contributed by atoms with Crippen LogP contribution in [0.25, 0.3) is 0 Å². The van der Waals surface area contributed by atoms with Crippen molar-refractivity contribution in [2.75, 3.05) is 50.1 Å². The molecule has 0 radical (unpaired) electrons. The molecule has 2 aliphatic rings. The highest BCUT2D eigenvalue weighted by atomic mass is 32.1. The van der Waals surface area contributed by atoms with Gasteiger partial charge in [0.15, 0.2) is 5.11 Å². The maximum absolute atomic E-state index is 12.1. The van der Waals surface area contributed by atoms with Gasteiger partial charge in [0.2, 0.25) is 0 Å². The van der Waals surface area contributed by atoms with Crippen LogP contribution >= 0.6 is 12.2 Å². The van der Waals surface area contributed by atoms with Gasteiger partial charge in [0, 0.05) is 20.2 Å². The maximum Gasteiger partial charge on any atom is 0.414 e. The number of carbonyl (C=O) groups excluding carboxylic acids is 1. The van der Waals surface area contributed by atoms with E-state index in [9.17, 15) is 4.79 Å². The smallest absolute Gasteiger partial charge is 0.414 e. The van der Waals surface area contributed by atoms with Crippen LogP contribution in [0.2, 0.25) is 0 Å². The van der Waals surface area contributed by atoms with Gasteiger partial charge in [0.1, 0.15) is 18.5 Å². The number of cyclic esters (lactones) is 1. The summed E-state index contributed by atoms with van der Waals surface area (Å²) in [6.07, 6.45) is -0.593. The molecule has 0 bridgehead atoms. The summed E-state index contributed by atoms with van der Waals surface area (Å²) in [5.41, 5.74) is 1.81. The average molecular weight is 336 g/mol. The summed E-state index contributed by atoms with van der Waals surface area (Å²) in [5, 5.41) is 6.37. The molecule has 1 aromatic rings. The molecular formula is C15H20N4O3S. The van der Waals surface area contributed by atoms with Crippen molar-refractivity contribution >= 4 is 34.8 Å². The van der Waals surface area contributed by atoms with Gasteiger partial charge in [0.05, 0.1) is 31.0 Å². The van der Waals surface area contributed by atoms with E-state index in [0.717, 1.165) is 23.7 Å². The van der Waals surface area contributed by atoms with Crippen LogP contribution in [0.3, 0.4) is 0 Å². The molecule has 3 rings (SSSR count). The Balaban J connectivity index is 1.70. The summed E-state index contributed by atoms with van der Waals surface area (Å²) in [5.74, 6) is 0.794. The normalized spacial score (nSPS) is 19.7. The van der Waals surface area contributed by atoms with E-state index < -0.39 is 0 Å². The Morgan fingerprint density at radius 3 is 3.09 bits per heavy atom. The van der Waals surface area contributed by atoms with E-state index in [2.05, 4.69) is 15.5 Å². The fourth-order valence-electron chi connectivity index (χ4n) is 2.65. The molecule has 1 aromatic carbocycles. The van der Waals surface area contributed by atoms with Crippen molar-refractivity contribution in [3.63, 3.8) is 0 Å². The minimum atomic E-state index is -0.351. The molecule has 0 aromatic heterocycles. The lowest BCUT2D eigenvalue weighted by Crippen LogP contribution is -2.39. The molecule has 1 atom stereocenters. The van der Waals surface area contributed by atoms with Gasteiger partial charge >= 0.3 is 6.09 Å². The summed E-state index contributed by atoms with van der Waals surface area (Å²) < 4.78 is 11.1. The third-order valence-corrected chi connectivity index (χ3v) is 4.29. The monoisotopic (exact) mass is 336 g/mol. The predicted octanol–water partition coefficient (Wildman–Crippen LogP) is 0.934. The second kappa shape index (κ2) is 6.49. The molecular weight excluding hydrogens is 316 g/mol. The summed E-state index contributed by atoms with van der Waals surface area (Å²) in [6, 6.07) is 5.78. The molecule has 1 saturated heterocycles. The fourth-order valence-corrected chi connectivity index (χ4v) is 2.73. The van der Waals surface area contributed by atoms with Crippen molar-refractivity contribution in [1.82, 2.24) is 10.6 Å². The van der Waals surface area contributed by atoms with Gasteiger partial charge < -0.3 is 25.0 Å². The number of anilines is 2. The predicted molar refractivity (Wildman–Crippen MR) is 92.5 cm³/mol. The first-order valence-corrected chi connectivity index (χ1v) is 7.91. The van der Waals surface area contributed by atoms with Crippen LogP contribution < -0.4 is 25.2 Å². The number of hydrogen-bond acceptors (Lipinski definition) is 5. The third kappa shape index (κ3) is 3.26. The van der Waals surface area contributed by atoms with E-state index in [1.54, 1.807) is 11.9 Å². The lowest BCUT2D eigenvalue weighted by Gasteiger charge is -2.28. The maximum atomic E-state index is 12.1. The molecule has 1 fully saturated rings. The number of ether oxygens (including phenoxy) is 2. The number of nitrogens with zero attached hydrogens (tertiary/aromatic N) is 2. The zero-order valence-corrected chi connectivity index (χ0v) is 14.0. The molecule has 2 aliphatic heterocycles. The third-order valence-electron chi connectivity index (χ3n) is 3.94. The lowest BCUT2D eigenvalue weighted by molar-refractivity contribution is 0.143. The summed E-state index contributed by atoms with van der Waals surface area (Å²) in [7, 11) is 3.77. The quantitative estimate of drug-likeness (QED) is 0.796. The number of fused-ring (bicyclic) bond motifs is 1. The number of hydrogen-bond donors (Lipinski definition) is 2. The highest BCUT2D eigenvalue weighted by molar-refractivity contribution is 7.80. The van der Waals surface area contributed by atoms with Gasteiger partial charge in [-0.05, 0) is 24.4 Å². The molecule has 1 amide bonds. The van der Waals surface area contributed by atoms with Crippen LogP contribution in [0.15, 0.2) is 18.2 Å². The van der Waals surface area contributed by atoms with Gasteiger partial charge in [-0.15, -0.1) is 0 Å². The SMILES string of the molecule is CNC(=S)NC[C@H]1CN(c2ccc3c(c2)OCCN3C)C(=O)O1. The van der Waals surface area contributed by atoms with Crippen molar-refractivity contribution in [3.05, 3.63) is 18.2 Å². The van der Waals surface area contributed by atoms with Crippen molar-refractivity contribution < 1.29 is 14.3 Å². The molecule has 8 heteroatoms. The molecule has 124 valence electrons. The van der Waals surface area contributed by atoms with Crippen LogP contribution in [-0.2, 0) is 4.74 Å². The Morgan fingerprint density at radius 2 is 2.30 bits per heavy atom. The van der Waals surface area contributed by atoms with Crippen LogP contribution in [-0.4, -0.2) is 57.6 Å². The first-order valence-electron chi connectivity index (χ1n) is 7.50. The van der Waals surface area contributed by atoms with E-state index in [1.165, 1.54) is 0 Å². The van der Waals surface area contributed by atoms with Crippen LogP contribution in [0, 0.1) is 0 Å². The zero-order chi connectivity index (χ0) is 16.4. The summed E-state index contributed by atoms with van der Waals surface area (Å²) in [6.45, 7) is 2.46. The molecule has 0 saturated carbocycles. The minimum Gasteiger partial charge on any atom is -0.489 e. The first kappa shape index (κ1) is 15.7. The second-order valence-corrected chi connectivity index (χ2v) is 5.91. The Labute approximate surface area is 140 Å². The molecule has 0 spiro atoms. The number of benzene rings is 1. The number of carbonyl (C=O) groups is 1. The molecule has 0 aliphatic carbocycles. The van der Waals surface area contributed by atoms with Gasteiger partial charge in [-0.1, -0.05) is 0 Å². The Hall–Kier alpha value is -2.22. The highest BCUT2D eigenvalue weighted by Gasteiger charge is 2.33. The number of nitrogens with one attached hydrogen (secondary N) is 2. The highest BCUT2D eigenvalue weighted by Crippen LogP contribution is 2.35. The first-order chi connectivity index (χ1) is 11.1. The van der Waals surface area contributed by atoms with Crippen molar-refractivity contribution in [2.45, 2.75) is 6.10 Å². The minimum absolute atomic E-state index is 0.242. The van der Waals surface area contributed by atoms with Crippen molar-refractivity contribution in [3.8, 4) is 5.75 Å². The standard InChI is InChI=1S/C15H20N4O3S/c1-16-14(23)17-8-11-9-19(15(20)22-11)10-3-4-12-13(7-10)21-6-5-18(12)2/h3-4,7,11H,5-6,8-9H2,1-2H3,(H2,16,17,23)/t11-/m0/s1. The number of thiocarbonyl (C=S) groups is 1. The summed E-state index contributed by atoms with van der Waals surface area (Å²) >= 11 is 5.02. The molecule has 23 heavy (non-hydrogen) atoms. The van der Waals surface area contributed by atoms with Gasteiger partial charge in [-0.25, -0.2) is 4.79 Å². The fraction of sp³-hybridized carbons (Fsp3) is 0.467. The average Bonchev–Trinajstić information content (AvgIpc) is 2.93. The Morgan fingerprint density at radius 1 is 1.48 bits per heavy atom. The lowest BCUT2D eigenvalue weighted by atomic mass is 10.2. The van der Waals surface area contributed by atoms with Crippen LogP contribution in [0.1, 0.15) is 0 Å². The van der Waals surface area contributed by atoms with E-state index in [-0.39, 0.29) is 12.2 Å².